The Balaban J connectivity index is 2.24. The molecule has 0 fully saturated rings. The van der Waals surface area contributed by atoms with Gasteiger partial charge in [0.15, 0.2) is 0 Å². The predicted molar refractivity (Wildman–Crippen MR) is 120 cm³/mol. The van der Waals surface area contributed by atoms with Gasteiger partial charge in [0.1, 0.15) is 0 Å². The van der Waals surface area contributed by atoms with Gasteiger partial charge in [-0.05, 0) is 0 Å². The van der Waals surface area contributed by atoms with Gasteiger partial charge in [0.05, 0.1) is 0 Å². The quantitative estimate of drug-likeness (QED) is 0.388. The fourth-order valence-electron chi connectivity index (χ4n) is 3.67. The van der Waals surface area contributed by atoms with Crippen molar-refractivity contribution in [1.82, 2.24) is 0 Å². The Morgan fingerprint density at radius 2 is 1.15 bits per heavy atom. The van der Waals surface area contributed by atoms with Crippen molar-refractivity contribution in [2.24, 2.45) is 0 Å². The average Bonchev–Trinajstić information content (AvgIpc) is 2.75. The van der Waals surface area contributed by atoms with Crippen LogP contribution in [0.5, 0.6) is 0 Å². The summed E-state index contributed by atoms with van der Waals surface area (Å²) in [5.74, 6) is -0.165. The van der Waals surface area contributed by atoms with Crippen LogP contribution in [0.2, 0.25) is 0 Å². The molecule has 0 amide bonds. The summed E-state index contributed by atoms with van der Waals surface area (Å²) >= 11 is 4.37. The molecule has 0 heterocycles. The number of hydrogen-bond donors (Lipinski definition) is 0. The van der Waals surface area contributed by atoms with E-state index < -0.39 is 5.31 Å². The van der Waals surface area contributed by atoms with Gasteiger partial charge in [-0.3, -0.25) is 0 Å². The van der Waals surface area contributed by atoms with Gasteiger partial charge in [-0.2, -0.15) is 0 Å². The van der Waals surface area contributed by atoms with Gasteiger partial charge in [0, 0.05) is 0 Å². The molecule has 3 rings (SSSR count). The molecule has 0 atom stereocenters. The van der Waals surface area contributed by atoms with Crippen molar-refractivity contribution in [3.8, 4) is 0 Å². The summed E-state index contributed by atoms with van der Waals surface area (Å²) in [5, 5.41) is 0.898. The molecule has 0 aliphatic heterocycles. The van der Waals surface area contributed by atoms with E-state index in [0.717, 1.165) is 12.6 Å². The molecule has 0 N–H and O–H groups in total. The average molecular weight is 443 g/mol. The maximum absolute atomic E-state index is 11.8. The van der Waals surface area contributed by atoms with Crippen molar-refractivity contribution in [1.29, 1.82) is 0 Å². The molecule has 0 aromatic heterocycles. The zero-order valence-corrected chi connectivity index (χ0v) is 17.9. The van der Waals surface area contributed by atoms with E-state index in [9.17, 15) is 4.79 Å². The summed E-state index contributed by atoms with van der Waals surface area (Å²) in [6.07, 6.45) is 2.00. The molecule has 4 heteroatoms. The van der Waals surface area contributed by atoms with Crippen LogP contribution in [0.4, 0.5) is 0 Å². The van der Waals surface area contributed by atoms with Crippen LogP contribution in [-0.4, -0.2) is 19.2 Å². The zero-order valence-electron chi connectivity index (χ0n) is 15.4. The van der Waals surface area contributed by atoms with Crippen LogP contribution in [-0.2, 0) is 9.53 Å². The summed E-state index contributed by atoms with van der Waals surface area (Å²) in [7, 11) is 1.45. The molecule has 0 spiro atoms. The molecule has 2 nitrogen and oxygen atoms in total. The number of ether oxygens (including phenoxy) is 1. The third-order valence-electron chi connectivity index (χ3n) is 5.07. The third-order valence-corrected chi connectivity index (χ3v) is 15.1. The molecule has 0 unspecified atom stereocenters. The second-order valence-corrected chi connectivity index (χ2v) is 15.7. The van der Waals surface area contributed by atoms with E-state index in [0.29, 0.717) is 6.42 Å². The topological polar surface area (TPSA) is 26.3 Å². The number of esters is 1. The first-order valence-electron chi connectivity index (χ1n) is 9.06. The molecular formula is C23H24BrO2P. The molecule has 0 saturated heterocycles. The van der Waals surface area contributed by atoms with Crippen molar-refractivity contribution in [2.45, 2.75) is 12.8 Å². The molecular weight excluding hydrogens is 419 g/mol. The number of hydrogen-bond acceptors (Lipinski definition) is 2. The Kier molecular flexibility index (Phi) is 6.14. The van der Waals surface area contributed by atoms with Crippen LogP contribution in [0.15, 0.2) is 91.0 Å². The Labute approximate surface area is 169 Å². The van der Waals surface area contributed by atoms with Gasteiger partial charge in [-0.25, -0.2) is 0 Å². The van der Waals surface area contributed by atoms with Gasteiger partial charge in [-0.1, -0.05) is 0 Å². The molecule has 0 bridgehead atoms. The first-order valence-corrected chi connectivity index (χ1v) is 13.5. The van der Waals surface area contributed by atoms with E-state index in [2.05, 4.69) is 88.3 Å². The van der Waals surface area contributed by atoms with Crippen molar-refractivity contribution in [3.05, 3.63) is 91.0 Å². The van der Waals surface area contributed by atoms with Gasteiger partial charge >= 0.3 is 169 Å². The van der Waals surface area contributed by atoms with Crippen molar-refractivity contribution in [2.75, 3.05) is 13.3 Å². The minimum absolute atomic E-state index is 0.165. The third kappa shape index (κ3) is 3.72. The standard InChI is InChI=1S/C23H24BrO2P/c1-26-23(25)18-11-19-27(24,20-12-5-2-6-13-20,21-14-7-3-8-15-21)22-16-9-4-10-17-22/h2-10,12-17H,11,18-19H2,1H3. The zero-order chi connectivity index (χ0) is 19.2. The predicted octanol–water partition coefficient (Wildman–Crippen LogP) is 4.78. The minimum atomic E-state index is -2.91. The molecule has 140 valence electrons. The first kappa shape index (κ1) is 19.8. The fourth-order valence-corrected chi connectivity index (χ4v) is 11.4. The SMILES string of the molecule is COC(=O)CCCP(Br)(c1ccccc1)(c1ccccc1)c1ccccc1. The van der Waals surface area contributed by atoms with Gasteiger partial charge in [0.2, 0.25) is 0 Å². The second kappa shape index (κ2) is 8.37. The van der Waals surface area contributed by atoms with Gasteiger partial charge < -0.3 is 0 Å². The number of methoxy groups -OCH3 is 1. The van der Waals surface area contributed by atoms with Crippen molar-refractivity contribution >= 4 is 42.7 Å². The van der Waals surface area contributed by atoms with Crippen molar-refractivity contribution < 1.29 is 9.53 Å². The second-order valence-electron chi connectivity index (χ2n) is 6.59. The van der Waals surface area contributed by atoms with Crippen LogP contribution < -0.4 is 15.9 Å². The van der Waals surface area contributed by atoms with E-state index >= 15 is 0 Å². The number of benzene rings is 3. The van der Waals surface area contributed by atoms with E-state index in [4.69, 9.17) is 4.74 Å². The molecule has 3 aromatic rings. The van der Waals surface area contributed by atoms with Crippen LogP contribution in [0, 0.1) is 0 Å². The van der Waals surface area contributed by atoms with E-state index in [1.165, 1.54) is 23.0 Å². The number of carbonyl (C=O) groups excluding carboxylic acids is 1. The molecule has 3 aromatic carbocycles. The Morgan fingerprint density at radius 3 is 1.48 bits per heavy atom. The first-order chi connectivity index (χ1) is 13.1. The Hall–Kier alpha value is -1.96. The summed E-state index contributed by atoms with van der Waals surface area (Å²) in [4.78, 5) is 11.8. The summed E-state index contributed by atoms with van der Waals surface area (Å²) < 4.78 is 4.88. The van der Waals surface area contributed by atoms with Crippen molar-refractivity contribution in [3.63, 3.8) is 0 Å². The summed E-state index contributed by atoms with van der Waals surface area (Å²) in [5.41, 5.74) is 0. The molecule has 0 aliphatic carbocycles. The van der Waals surface area contributed by atoms with Gasteiger partial charge in [0.25, 0.3) is 0 Å². The van der Waals surface area contributed by atoms with E-state index in [-0.39, 0.29) is 5.97 Å². The van der Waals surface area contributed by atoms with E-state index in [1.807, 2.05) is 18.2 Å². The maximum atomic E-state index is 11.8. The molecule has 27 heavy (non-hydrogen) atoms. The molecule has 0 radical (unpaired) electrons. The normalized spacial score (nSPS) is 12.7. The summed E-state index contributed by atoms with van der Waals surface area (Å²) in [6.45, 7) is 0. The van der Waals surface area contributed by atoms with E-state index in [1.54, 1.807) is 0 Å². The molecule has 0 aliphatic rings. The number of rotatable bonds is 7. The fraction of sp³-hybridized carbons (Fsp3) is 0.174. The Bertz CT molecular complexity index is 783. The van der Waals surface area contributed by atoms with Crippen LogP contribution in [0.1, 0.15) is 12.8 Å². The summed E-state index contributed by atoms with van der Waals surface area (Å²) in [6, 6.07) is 31.9. The van der Waals surface area contributed by atoms with Crippen LogP contribution in [0.25, 0.3) is 0 Å². The van der Waals surface area contributed by atoms with Crippen LogP contribution >= 0.6 is 20.8 Å². The van der Waals surface area contributed by atoms with Gasteiger partial charge in [-0.15, -0.1) is 0 Å². The monoisotopic (exact) mass is 442 g/mol. The number of halogens is 1. The number of carbonyl (C=O) groups is 1. The van der Waals surface area contributed by atoms with Crippen LogP contribution in [0.3, 0.4) is 0 Å². The Morgan fingerprint density at radius 1 is 0.778 bits per heavy atom. The molecule has 0 saturated carbocycles.